The van der Waals surface area contributed by atoms with E-state index in [9.17, 15) is 9.90 Å². The molecule has 3 aromatic rings. The van der Waals surface area contributed by atoms with Crippen LogP contribution in [0, 0.1) is 0 Å². The summed E-state index contributed by atoms with van der Waals surface area (Å²) in [5.41, 5.74) is 1.37. The third kappa shape index (κ3) is 3.91. The predicted molar refractivity (Wildman–Crippen MR) is 115 cm³/mol. The van der Waals surface area contributed by atoms with Crippen molar-refractivity contribution in [1.29, 1.82) is 0 Å². The van der Waals surface area contributed by atoms with Gasteiger partial charge in [-0.3, -0.25) is 4.79 Å². The molecule has 30 heavy (non-hydrogen) atoms. The fourth-order valence-corrected chi connectivity index (χ4v) is 4.23. The van der Waals surface area contributed by atoms with Gasteiger partial charge in [0.25, 0.3) is 5.91 Å². The highest BCUT2D eigenvalue weighted by Gasteiger charge is 2.45. The van der Waals surface area contributed by atoms with Crippen LogP contribution in [0.4, 0.5) is 5.95 Å². The standard InChI is InChI=1S/C21H23N5O3S/c1-26-10-7-21(29,19(26)28)15-5-2-4-14(12-15)18-24-17(13-30-18)16-6-9-23-20(25-16)22-8-3-11-27/h2,4-6,9,12-13,27,29H,3,7-8,10-11H2,1H3,(H,22,23,25). The zero-order valence-electron chi connectivity index (χ0n) is 16.6. The van der Waals surface area contributed by atoms with E-state index in [1.165, 1.54) is 11.3 Å². The Balaban J connectivity index is 1.58. The van der Waals surface area contributed by atoms with Crippen LogP contribution in [0.2, 0.25) is 0 Å². The van der Waals surface area contributed by atoms with Crippen LogP contribution in [-0.2, 0) is 10.4 Å². The predicted octanol–water partition coefficient (Wildman–Crippen LogP) is 2.11. The van der Waals surface area contributed by atoms with Gasteiger partial charge in [0, 0.05) is 50.3 Å². The summed E-state index contributed by atoms with van der Waals surface area (Å²) in [6.07, 6.45) is 2.66. The quantitative estimate of drug-likeness (QED) is 0.497. The Morgan fingerprint density at radius 3 is 2.90 bits per heavy atom. The molecule has 0 spiro atoms. The minimum atomic E-state index is -1.48. The van der Waals surface area contributed by atoms with Crippen LogP contribution in [0.5, 0.6) is 0 Å². The number of rotatable bonds is 7. The molecule has 1 unspecified atom stereocenters. The molecule has 3 heterocycles. The number of hydrogen-bond donors (Lipinski definition) is 3. The molecule has 8 nitrogen and oxygen atoms in total. The van der Waals surface area contributed by atoms with Crippen LogP contribution in [0.15, 0.2) is 41.9 Å². The number of hydrogen-bond acceptors (Lipinski definition) is 8. The molecule has 0 saturated carbocycles. The summed E-state index contributed by atoms with van der Waals surface area (Å²) in [4.78, 5) is 27.3. The van der Waals surface area contributed by atoms with Gasteiger partial charge >= 0.3 is 0 Å². The molecule has 1 aromatic carbocycles. The summed E-state index contributed by atoms with van der Waals surface area (Å²) in [5.74, 6) is 0.213. The number of likely N-dealkylation sites (tertiary alicyclic amines) is 1. The first-order valence-corrected chi connectivity index (χ1v) is 10.6. The number of anilines is 1. The summed E-state index contributed by atoms with van der Waals surface area (Å²) in [6, 6.07) is 9.16. The van der Waals surface area contributed by atoms with Crippen molar-refractivity contribution in [2.24, 2.45) is 0 Å². The summed E-state index contributed by atoms with van der Waals surface area (Å²) in [6.45, 7) is 1.23. The van der Waals surface area contributed by atoms with Crippen molar-refractivity contribution in [1.82, 2.24) is 19.9 Å². The molecule has 3 N–H and O–H groups in total. The van der Waals surface area contributed by atoms with Crippen LogP contribution in [-0.4, -0.2) is 62.7 Å². The third-order valence-corrected chi connectivity index (χ3v) is 6.03. The molecule has 1 saturated heterocycles. The van der Waals surface area contributed by atoms with Crippen molar-refractivity contribution < 1.29 is 15.0 Å². The zero-order chi connectivity index (χ0) is 21.1. The van der Waals surface area contributed by atoms with E-state index in [2.05, 4.69) is 15.3 Å². The number of aliphatic hydroxyl groups excluding tert-OH is 1. The number of amides is 1. The summed E-state index contributed by atoms with van der Waals surface area (Å²) < 4.78 is 0. The highest BCUT2D eigenvalue weighted by molar-refractivity contribution is 7.13. The van der Waals surface area contributed by atoms with E-state index < -0.39 is 5.60 Å². The smallest absolute Gasteiger partial charge is 0.258 e. The lowest BCUT2D eigenvalue weighted by molar-refractivity contribution is -0.143. The van der Waals surface area contributed by atoms with E-state index in [0.717, 1.165) is 16.3 Å². The molecule has 156 valence electrons. The van der Waals surface area contributed by atoms with E-state index in [-0.39, 0.29) is 12.5 Å². The zero-order valence-corrected chi connectivity index (χ0v) is 17.4. The van der Waals surface area contributed by atoms with Gasteiger partial charge in [-0.2, -0.15) is 0 Å². The second kappa shape index (κ2) is 8.47. The van der Waals surface area contributed by atoms with Crippen molar-refractivity contribution in [3.8, 4) is 22.0 Å². The first-order valence-electron chi connectivity index (χ1n) is 9.74. The van der Waals surface area contributed by atoms with Crippen LogP contribution < -0.4 is 5.32 Å². The molecule has 4 rings (SSSR count). The van der Waals surface area contributed by atoms with E-state index in [4.69, 9.17) is 10.1 Å². The highest BCUT2D eigenvalue weighted by Crippen LogP contribution is 2.35. The molecule has 0 radical (unpaired) electrons. The van der Waals surface area contributed by atoms with Gasteiger partial charge in [-0.15, -0.1) is 11.3 Å². The molecule has 9 heteroatoms. The number of nitrogens with zero attached hydrogens (tertiary/aromatic N) is 4. The van der Waals surface area contributed by atoms with Crippen LogP contribution in [0.1, 0.15) is 18.4 Å². The Labute approximate surface area is 178 Å². The number of likely N-dealkylation sites (N-methyl/N-ethyl adjacent to an activating group) is 1. The lowest BCUT2D eigenvalue weighted by Gasteiger charge is -2.21. The van der Waals surface area contributed by atoms with E-state index in [1.54, 1.807) is 30.3 Å². The monoisotopic (exact) mass is 425 g/mol. The second-order valence-electron chi connectivity index (χ2n) is 7.23. The number of thiazole rings is 1. The topological polar surface area (TPSA) is 111 Å². The second-order valence-corrected chi connectivity index (χ2v) is 8.08. The number of aliphatic hydroxyl groups is 2. The summed E-state index contributed by atoms with van der Waals surface area (Å²) >= 11 is 1.47. The molecule has 1 fully saturated rings. The first-order chi connectivity index (χ1) is 14.5. The van der Waals surface area contributed by atoms with Crippen LogP contribution in [0.25, 0.3) is 22.0 Å². The van der Waals surface area contributed by atoms with Crippen molar-refractivity contribution >= 4 is 23.2 Å². The van der Waals surface area contributed by atoms with Crippen molar-refractivity contribution in [2.45, 2.75) is 18.4 Å². The van der Waals surface area contributed by atoms with Crippen molar-refractivity contribution in [3.05, 3.63) is 47.5 Å². The lowest BCUT2D eigenvalue weighted by Crippen LogP contribution is -2.36. The number of carbonyl (C=O) groups excluding carboxylic acids is 1. The molecule has 1 amide bonds. The molecular weight excluding hydrogens is 402 g/mol. The van der Waals surface area contributed by atoms with E-state index >= 15 is 0 Å². The van der Waals surface area contributed by atoms with Crippen LogP contribution >= 0.6 is 11.3 Å². The fourth-order valence-electron chi connectivity index (χ4n) is 3.42. The largest absolute Gasteiger partial charge is 0.396 e. The lowest BCUT2D eigenvalue weighted by atomic mass is 9.91. The maximum Gasteiger partial charge on any atom is 0.258 e. The number of nitrogens with one attached hydrogen (secondary N) is 1. The Morgan fingerprint density at radius 2 is 2.13 bits per heavy atom. The third-order valence-electron chi connectivity index (χ3n) is 5.14. The average Bonchev–Trinajstić information content (AvgIpc) is 3.37. The van der Waals surface area contributed by atoms with Gasteiger partial charge in [-0.25, -0.2) is 15.0 Å². The average molecular weight is 426 g/mol. The Kier molecular flexibility index (Phi) is 5.76. The number of benzene rings is 1. The van der Waals surface area contributed by atoms with Gasteiger partial charge in [-0.1, -0.05) is 18.2 Å². The van der Waals surface area contributed by atoms with Gasteiger partial charge in [0.15, 0.2) is 5.60 Å². The van der Waals surface area contributed by atoms with E-state index in [0.29, 0.717) is 43.1 Å². The first kappa shape index (κ1) is 20.4. The molecule has 2 aromatic heterocycles. The molecule has 1 aliphatic heterocycles. The van der Waals surface area contributed by atoms with Crippen LogP contribution in [0.3, 0.4) is 0 Å². The minimum Gasteiger partial charge on any atom is -0.396 e. The normalized spacial score (nSPS) is 18.8. The maximum absolute atomic E-state index is 12.4. The Hall–Kier alpha value is -2.88. The molecule has 0 aliphatic carbocycles. The van der Waals surface area contributed by atoms with Crippen molar-refractivity contribution in [2.75, 3.05) is 32.1 Å². The highest BCUT2D eigenvalue weighted by atomic mass is 32.1. The molecule has 1 aliphatic rings. The Morgan fingerprint density at radius 1 is 1.27 bits per heavy atom. The van der Waals surface area contributed by atoms with Gasteiger partial charge in [0.1, 0.15) is 10.7 Å². The SMILES string of the molecule is CN1CCC(O)(c2cccc(-c3nc(-c4ccnc(NCCCO)n4)cs3)c2)C1=O. The van der Waals surface area contributed by atoms with Gasteiger partial charge < -0.3 is 20.4 Å². The maximum atomic E-state index is 12.4. The van der Waals surface area contributed by atoms with Crippen molar-refractivity contribution in [3.63, 3.8) is 0 Å². The minimum absolute atomic E-state index is 0.109. The van der Waals surface area contributed by atoms with Gasteiger partial charge in [0.2, 0.25) is 5.95 Å². The summed E-state index contributed by atoms with van der Waals surface area (Å²) in [7, 11) is 1.70. The molecule has 0 bridgehead atoms. The fraction of sp³-hybridized carbons (Fsp3) is 0.333. The van der Waals surface area contributed by atoms with Gasteiger partial charge in [-0.05, 0) is 24.1 Å². The Bertz CT molecular complexity index is 1060. The number of aromatic nitrogens is 3. The van der Waals surface area contributed by atoms with E-state index in [1.807, 2.05) is 23.6 Å². The number of carbonyl (C=O) groups is 1. The van der Waals surface area contributed by atoms with Gasteiger partial charge in [0.05, 0.1) is 5.69 Å². The summed E-state index contributed by atoms with van der Waals surface area (Å²) in [5, 5.41) is 25.6. The molecular formula is C21H23N5O3S. The molecule has 1 atom stereocenters.